The molecule has 1 atom stereocenters. The average Bonchev–Trinajstić information content (AvgIpc) is 2.73. The average molecular weight is 417 g/mol. The molecule has 6 nitrogen and oxygen atoms in total. The molecule has 0 spiro atoms. The molecule has 2 aromatic carbocycles. The minimum Gasteiger partial charge on any atom is -0.508 e. The number of sulfonamides is 1. The molecule has 3 rings (SSSR count). The van der Waals surface area contributed by atoms with Crippen molar-refractivity contribution < 1.29 is 18.3 Å². The van der Waals surface area contributed by atoms with Gasteiger partial charge >= 0.3 is 0 Å². The first-order chi connectivity index (χ1) is 13.9. The van der Waals surface area contributed by atoms with Gasteiger partial charge in [0, 0.05) is 19.6 Å². The zero-order chi connectivity index (χ0) is 20.9. The highest BCUT2D eigenvalue weighted by molar-refractivity contribution is 7.89. The summed E-state index contributed by atoms with van der Waals surface area (Å²) in [7, 11) is -3.58. The fourth-order valence-electron chi connectivity index (χ4n) is 3.55. The van der Waals surface area contributed by atoms with Crippen LogP contribution in [0, 0.1) is 12.8 Å². The van der Waals surface area contributed by atoms with Gasteiger partial charge in [-0.25, -0.2) is 8.42 Å². The van der Waals surface area contributed by atoms with Crippen molar-refractivity contribution >= 4 is 15.9 Å². The Labute approximate surface area is 172 Å². The van der Waals surface area contributed by atoms with E-state index in [9.17, 15) is 18.3 Å². The summed E-state index contributed by atoms with van der Waals surface area (Å²) in [6.45, 7) is 3.13. The van der Waals surface area contributed by atoms with E-state index >= 15 is 0 Å². The topological polar surface area (TPSA) is 86.7 Å². The molecule has 1 aliphatic rings. The van der Waals surface area contributed by atoms with Gasteiger partial charge < -0.3 is 10.4 Å². The molecule has 2 N–H and O–H groups in total. The van der Waals surface area contributed by atoms with Gasteiger partial charge in [0.15, 0.2) is 0 Å². The number of nitrogens with zero attached hydrogens (tertiary/aromatic N) is 1. The van der Waals surface area contributed by atoms with Crippen LogP contribution in [0.25, 0.3) is 0 Å². The number of phenols is 1. The quantitative estimate of drug-likeness (QED) is 0.680. The summed E-state index contributed by atoms with van der Waals surface area (Å²) in [5.74, 6) is -0.165. The van der Waals surface area contributed by atoms with Gasteiger partial charge in [-0.15, -0.1) is 0 Å². The van der Waals surface area contributed by atoms with Crippen molar-refractivity contribution in [2.45, 2.75) is 37.5 Å². The van der Waals surface area contributed by atoms with Crippen LogP contribution in [0.5, 0.6) is 5.75 Å². The normalized spacial score (nSPS) is 17.8. The number of carbonyl (C=O) groups excluding carboxylic acids is 1. The molecule has 156 valence electrons. The first-order valence-electron chi connectivity index (χ1n) is 9.99. The molecule has 0 bridgehead atoms. The largest absolute Gasteiger partial charge is 0.508 e. The van der Waals surface area contributed by atoms with Gasteiger partial charge in [0.25, 0.3) is 0 Å². The Morgan fingerprint density at radius 2 is 1.83 bits per heavy atom. The molecule has 1 saturated heterocycles. The Morgan fingerprint density at radius 3 is 2.52 bits per heavy atom. The predicted molar refractivity (Wildman–Crippen MR) is 112 cm³/mol. The van der Waals surface area contributed by atoms with E-state index in [2.05, 4.69) is 5.32 Å². The number of nitrogens with one attached hydrogen (secondary N) is 1. The van der Waals surface area contributed by atoms with Crippen molar-refractivity contribution in [1.29, 1.82) is 0 Å². The molecule has 1 fully saturated rings. The van der Waals surface area contributed by atoms with Crippen molar-refractivity contribution in [3.8, 4) is 5.75 Å². The second kappa shape index (κ2) is 9.41. The third-order valence-electron chi connectivity index (χ3n) is 5.29. The lowest BCUT2D eigenvalue weighted by atomic mass is 9.99. The number of benzene rings is 2. The van der Waals surface area contributed by atoms with Crippen molar-refractivity contribution in [1.82, 2.24) is 9.62 Å². The highest BCUT2D eigenvalue weighted by Crippen LogP contribution is 2.24. The number of phenolic OH excluding ortho intramolecular Hbond substituents is 1. The zero-order valence-electron chi connectivity index (χ0n) is 16.7. The van der Waals surface area contributed by atoms with E-state index in [1.54, 1.807) is 36.4 Å². The van der Waals surface area contributed by atoms with Crippen LogP contribution in [-0.4, -0.2) is 43.4 Å². The van der Waals surface area contributed by atoms with Gasteiger partial charge in [0.2, 0.25) is 15.9 Å². The monoisotopic (exact) mass is 416 g/mol. The number of amides is 1. The Morgan fingerprint density at radius 1 is 1.14 bits per heavy atom. The SMILES string of the molecule is Cc1ccc(S(=O)(=O)N2CCCC(C(=O)NCCCc3ccc(O)cc3)C2)cc1. The number of aromatic hydroxyl groups is 1. The molecule has 1 heterocycles. The standard InChI is InChI=1S/C22H28N2O4S/c1-17-6-12-21(13-7-17)29(27,28)24-15-3-5-19(16-24)22(26)23-14-2-4-18-8-10-20(25)11-9-18/h6-13,19,25H,2-5,14-16H2,1H3,(H,23,26). The summed E-state index contributed by atoms with van der Waals surface area (Å²) in [4.78, 5) is 12.8. The molecule has 0 saturated carbocycles. The maximum absolute atomic E-state index is 12.9. The van der Waals surface area contributed by atoms with E-state index < -0.39 is 10.0 Å². The van der Waals surface area contributed by atoms with Crippen LogP contribution in [0.3, 0.4) is 0 Å². The highest BCUT2D eigenvalue weighted by atomic mass is 32.2. The molecule has 0 aromatic heterocycles. The van der Waals surface area contributed by atoms with Crippen LogP contribution in [0.2, 0.25) is 0 Å². The fourth-order valence-corrected chi connectivity index (χ4v) is 5.07. The maximum atomic E-state index is 12.9. The molecule has 7 heteroatoms. The zero-order valence-corrected chi connectivity index (χ0v) is 17.5. The van der Waals surface area contributed by atoms with E-state index in [0.29, 0.717) is 25.9 Å². The van der Waals surface area contributed by atoms with Gasteiger partial charge in [-0.1, -0.05) is 29.8 Å². The van der Waals surface area contributed by atoms with Crippen LogP contribution >= 0.6 is 0 Å². The van der Waals surface area contributed by atoms with E-state index in [-0.39, 0.29) is 29.0 Å². The van der Waals surface area contributed by atoms with Crippen molar-refractivity contribution in [3.63, 3.8) is 0 Å². The number of carbonyl (C=O) groups is 1. The number of hydrogen-bond acceptors (Lipinski definition) is 4. The van der Waals surface area contributed by atoms with E-state index in [4.69, 9.17) is 0 Å². The predicted octanol–water partition coefficient (Wildman–Crippen LogP) is 2.85. The minimum atomic E-state index is -3.58. The molecule has 2 aromatic rings. The second-order valence-corrected chi connectivity index (χ2v) is 9.51. The molecular formula is C22H28N2O4S. The Balaban J connectivity index is 1.51. The van der Waals surface area contributed by atoms with Gasteiger partial charge in [-0.3, -0.25) is 4.79 Å². The summed E-state index contributed by atoms with van der Waals surface area (Å²) in [6, 6.07) is 13.9. The van der Waals surface area contributed by atoms with Gasteiger partial charge in [-0.05, 0) is 62.4 Å². The van der Waals surface area contributed by atoms with Crippen LogP contribution < -0.4 is 5.32 Å². The number of aryl methyl sites for hydroxylation is 2. The number of piperidine rings is 1. The van der Waals surface area contributed by atoms with Gasteiger partial charge in [-0.2, -0.15) is 4.31 Å². The summed E-state index contributed by atoms with van der Waals surface area (Å²) in [5.41, 5.74) is 2.11. The first kappa shape index (κ1) is 21.3. The smallest absolute Gasteiger partial charge is 0.243 e. The Hall–Kier alpha value is -2.38. The lowest BCUT2D eigenvalue weighted by molar-refractivity contribution is -0.126. The fraction of sp³-hybridized carbons (Fsp3) is 0.409. The van der Waals surface area contributed by atoms with Crippen LogP contribution in [0.1, 0.15) is 30.4 Å². The van der Waals surface area contributed by atoms with Crippen molar-refractivity contribution in [3.05, 3.63) is 59.7 Å². The van der Waals surface area contributed by atoms with Gasteiger partial charge in [0.05, 0.1) is 10.8 Å². The minimum absolute atomic E-state index is 0.0838. The molecule has 1 amide bonds. The molecule has 0 aliphatic carbocycles. The summed E-state index contributed by atoms with van der Waals surface area (Å²) >= 11 is 0. The molecule has 0 radical (unpaired) electrons. The lowest BCUT2D eigenvalue weighted by Gasteiger charge is -2.31. The summed E-state index contributed by atoms with van der Waals surface area (Å²) < 4.78 is 27.2. The van der Waals surface area contributed by atoms with E-state index in [1.807, 2.05) is 19.1 Å². The molecule has 1 aliphatic heterocycles. The van der Waals surface area contributed by atoms with Crippen LogP contribution in [0.15, 0.2) is 53.4 Å². The van der Waals surface area contributed by atoms with Crippen LogP contribution in [-0.2, 0) is 21.2 Å². The maximum Gasteiger partial charge on any atom is 0.243 e. The Bertz CT molecular complexity index is 924. The summed E-state index contributed by atoms with van der Waals surface area (Å²) in [6.07, 6.45) is 2.97. The summed E-state index contributed by atoms with van der Waals surface area (Å²) in [5, 5.41) is 12.2. The Kier molecular flexibility index (Phi) is 6.92. The second-order valence-electron chi connectivity index (χ2n) is 7.58. The van der Waals surface area contributed by atoms with Crippen molar-refractivity contribution in [2.24, 2.45) is 5.92 Å². The highest BCUT2D eigenvalue weighted by Gasteiger charge is 2.33. The van der Waals surface area contributed by atoms with E-state index in [0.717, 1.165) is 24.0 Å². The van der Waals surface area contributed by atoms with Gasteiger partial charge in [0.1, 0.15) is 5.75 Å². The van der Waals surface area contributed by atoms with Crippen LogP contribution in [0.4, 0.5) is 0 Å². The number of rotatable bonds is 7. The lowest BCUT2D eigenvalue weighted by Crippen LogP contribution is -2.45. The molecule has 1 unspecified atom stereocenters. The molecule has 29 heavy (non-hydrogen) atoms. The first-order valence-corrected chi connectivity index (χ1v) is 11.4. The van der Waals surface area contributed by atoms with E-state index in [1.165, 1.54) is 4.31 Å². The third kappa shape index (κ3) is 5.58. The van der Waals surface area contributed by atoms with Crippen molar-refractivity contribution in [2.75, 3.05) is 19.6 Å². The number of hydrogen-bond donors (Lipinski definition) is 2. The third-order valence-corrected chi connectivity index (χ3v) is 7.17. The molecular weight excluding hydrogens is 388 g/mol.